The lowest BCUT2D eigenvalue weighted by molar-refractivity contribution is -0.305. The van der Waals surface area contributed by atoms with E-state index in [9.17, 15) is 25.2 Å². The first kappa shape index (κ1) is 59.4. The Bertz CT molecular complexity index is 1060. The van der Waals surface area contributed by atoms with Gasteiger partial charge >= 0.3 is 5.97 Å². The Morgan fingerprint density at radius 2 is 0.968 bits per heavy atom. The minimum absolute atomic E-state index is 0.115. The number of ether oxygens (including phenoxy) is 4. The van der Waals surface area contributed by atoms with Crippen LogP contribution in [0.25, 0.3) is 0 Å². The highest BCUT2D eigenvalue weighted by Crippen LogP contribution is 2.23. The van der Waals surface area contributed by atoms with E-state index < -0.39 is 43.4 Å². The molecular weight excluding hydrogens is 793 g/mol. The van der Waals surface area contributed by atoms with Gasteiger partial charge in [-0.25, -0.2) is 0 Å². The minimum atomic E-state index is -1.54. The third-order valence-corrected chi connectivity index (χ3v) is 12.3. The summed E-state index contributed by atoms with van der Waals surface area (Å²) < 4.78 is 22.9. The van der Waals surface area contributed by atoms with Crippen molar-refractivity contribution in [3.05, 3.63) is 36.5 Å². The van der Waals surface area contributed by atoms with E-state index in [2.05, 4.69) is 50.3 Å². The molecule has 63 heavy (non-hydrogen) atoms. The third kappa shape index (κ3) is 36.2. The summed E-state index contributed by atoms with van der Waals surface area (Å²) in [7, 11) is 0. The summed E-state index contributed by atoms with van der Waals surface area (Å²) in [5.74, 6) is -0.320. The predicted octanol–water partition coefficient (Wildman–Crippen LogP) is 13.1. The summed E-state index contributed by atoms with van der Waals surface area (Å²) in [6.45, 7) is 4.48. The van der Waals surface area contributed by atoms with E-state index in [1.807, 2.05) is 0 Å². The van der Waals surface area contributed by atoms with E-state index in [1.54, 1.807) is 0 Å². The Labute approximate surface area is 387 Å². The minimum Gasteiger partial charge on any atom is -0.457 e. The van der Waals surface area contributed by atoms with E-state index in [0.29, 0.717) is 13.0 Å². The van der Waals surface area contributed by atoms with Crippen LogP contribution >= 0.6 is 0 Å². The Morgan fingerprint density at radius 1 is 0.524 bits per heavy atom. The Kier molecular flexibility index (Phi) is 43.0. The lowest BCUT2D eigenvalue weighted by Gasteiger charge is -2.39. The number of carbonyl (C=O) groups is 1. The van der Waals surface area contributed by atoms with E-state index in [1.165, 1.54) is 154 Å². The van der Waals surface area contributed by atoms with Gasteiger partial charge in [-0.15, -0.1) is 0 Å². The number of rotatable bonds is 46. The first-order chi connectivity index (χ1) is 30.9. The zero-order valence-electron chi connectivity index (χ0n) is 40.8. The average molecular weight is 893 g/mol. The third-order valence-electron chi connectivity index (χ3n) is 12.3. The van der Waals surface area contributed by atoms with Crippen molar-refractivity contribution in [1.29, 1.82) is 0 Å². The van der Waals surface area contributed by atoms with Gasteiger partial charge in [0.05, 0.1) is 19.8 Å². The van der Waals surface area contributed by atoms with Crippen LogP contribution in [-0.2, 0) is 23.7 Å². The summed E-state index contributed by atoms with van der Waals surface area (Å²) in [5, 5.41) is 40.3. The number of carbonyl (C=O) groups excluding carboxylic acids is 1. The molecule has 1 rings (SSSR count). The average Bonchev–Trinajstić information content (AvgIpc) is 3.28. The maximum atomic E-state index is 12.8. The number of aliphatic hydroxyl groups excluding tert-OH is 4. The van der Waals surface area contributed by atoms with Crippen LogP contribution in [0.4, 0.5) is 0 Å². The van der Waals surface area contributed by atoms with Gasteiger partial charge in [0, 0.05) is 13.0 Å². The fourth-order valence-electron chi connectivity index (χ4n) is 8.21. The first-order valence-electron chi connectivity index (χ1n) is 26.6. The molecule has 0 aromatic heterocycles. The van der Waals surface area contributed by atoms with E-state index >= 15 is 0 Å². The highest BCUT2D eigenvalue weighted by atomic mass is 16.7. The largest absolute Gasteiger partial charge is 0.457 e. The van der Waals surface area contributed by atoms with Gasteiger partial charge in [-0.05, 0) is 44.9 Å². The Hall–Kier alpha value is -1.59. The van der Waals surface area contributed by atoms with Gasteiger partial charge in [0.25, 0.3) is 0 Å². The van der Waals surface area contributed by atoms with Gasteiger partial charge in [0.1, 0.15) is 30.5 Å². The van der Waals surface area contributed by atoms with Gasteiger partial charge in [0.2, 0.25) is 0 Å². The van der Waals surface area contributed by atoms with Crippen molar-refractivity contribution in [3.63, 3.8) is 0 Å². The molecule has 0 amide bonds. The van der Waals surface area contributed by atoms with Crippen LogP contribution in [0.2, 0.25) is 0 Å². The molecule has 9 heteroatoms. The smallest absolute Gasteiger partial charge is 0.306 e. The molecule has 0 saturated carbocycles. The summed E-state index contributed by atoms with van der Waals surface area (Å²) in [4.78, 5) is 12.8. The van der Waals surface area contributed by atoms with Crippen molar-refractivity contribution in [3.8, 4) is 0 Å². The molecule has 6 atom stereocenters. The van der Waals surface area contributed by atoms with E-state index in [0.717, 1.165) is 64.2 Å². The van der Waals surface area contributed by atoms with Crippen LogP contribution < -0.4 is 0 Å². The number of aliphatic hydroxyl groups is 4. The van der Waals surface area contributed by atoms with Gasteiger partial charge in [-0.3, -0.25) is 4.79 Å². The molecule has 9 nitrogen and oxygen atoms in total. The normalized spacial score (nSPS) is 19.9. The zero-order chi connectivity index (χ0) is 45.7. The topological polar surface area (TPSA) is 135 Å². The van der Waals surface area contributed by atoms with Crippen LogP contribution in [0.3, 0.4) is 0 Å². The van der Waals surface area contributed by atoms with Gasteiger partial charge in [-0.1, -0.05) is 224 Å². The predicted molar refractivity (Wildman–Crippen MR) is 261 cm³/mol. The van der Waals surface area contributed by atoms with E-state index in [4.69, 9.17) is 18.9 Å². The number of allylic oxidation sites excluding steroid dienone is 6. The van der Waals surface area contributed by atoms with E-state index in [-0.39, 0.29) is 19.2 Å². The number of hydrogen-bond acceptors (Lipinski definition) is 9. The molecule has 1 heterocycles. The van der Waals surface area contributed by atoms with Gasteiger partial charge in [0.15, 0.2) is 6.29 Å². The Balaban J connectivity index is 2.17. The molecular formula is C54H100O9. The van der Waals surface area contributed by atoms with Crippen molar-refractivity contribution in [2.24, 2.45) is 0 Å². The molecule has 1 saturated heterocycles. The molecule has 0 bridgehead atoms. The van der Waals surface area contributed by atoms with Crippen LogP contribution in [0.15, 0.2) is 36.5 Å². The molecule has 1 aliphatic heterocycles. The second-order valence-corrected chi connectivity index (χ2v) is 18.3. The molecule has 0 aliphatic carbocycles. The van der Waals surface area contributed by atoms with Gasteiger partial charge in [-0.2, -0.15) is 0 Å². The molecule has 370 valence electrons. The summed E-state index contributed by atoms with van der Waals surface area (Å²) in [6, 6.07) is 0. The molecule has 0 aromatic rings. The van der Waals surface area contributed by atoms with Crippen molar-refractivity contribution in [1.82, 2.24) is 0 Å². The number of esters is 1. The maximum absolute atomic E-state index is 12.8. The zero-order valence-corrected chi connectivity index (χ0v) is 40.8. The highest BCUT2D eigenvalue weighted by Gasteiger charge is 2.44. The first-order valence-corrected chi connectivity index (χ1v) is 26.6. The second kappa shape index (κ2) is 45.6. The number of hydrogen-bond donors (Lipinski definition) is 4. The van der Waals surface area contributed by atoms with Crippen molar-refractivity contribution in [2.45, 2.75) is 275 Å². The quantitative estimate of drug-likeness (QED) is 0.0268. The SMILES string of the molecule is CC/C=C\C/C=C\C/C=C\CCCCCCCCCC(=O)OC(COCCCCCCCCCCCCCCCCCCCCCCCCC)COC1OC(CO)C(O)C(O)C1O. The van der Waals surface area contributed by atoms with Crippen molar-refractivity contribution >= 4 is 5.97 Å². The molecule has 0 spiro atoms. The molecule has 6 unspecified atom stereocenters. The molecule has 4 N–H and O–H groups in total. The van der Waals surface area contributed by atoms with Gasteiger partial charge < -0.3 is 39.4 Å². The van der Waals surface area contributed by atoms with Crippen molar-refractivity contribution in [2.75, 3.05) is 26.4 Å². The van der Waals surface area contributed by atoms with Crippen molar-refractivity contribution < 1.29 is 44.2 Å². The Morgan fingerprint density at radius 3 is 1.46 bits per heavy atom. The molecule has 0 radical (unpaired) electrons. The van der Waals surface area contributed by atoms with Crippen LogP contribution in [0.1, 0.15) is 239 Å². The van der Waals surface area contributed by atoms with Crippen LogP contribution in [-0.4, -0.2) is 89.6 Å². The fraction of sp³-hybridized carbons (Fsp3) is 0.870. The highest BCUT2D eigenvalue weighted by molar-refractivity contribution is 5.69. The second-order valence-electron chi connectivity index (χ2n) is 18.3. The molecule has 1 fully saturated rings. The summed E-state index contributed by atoms with van der Waals surface area (Å²) in [6.07, 6.45) is 49.0. The standard InChI is InChI=1S/C54H100O9/c1-3-5-7-9-11-13-15-17-19-21-22-23-24-25-26-28-30-32-34-36-38-40-42-44-60-46-48(47-61-54-53(59)52(58)51(57)49(45-55)63-54)62-50(56)43-41-39-37-35-33-31-29-27-20-18-16-14-12-10-8-6-4-2/h6,8,12,14,18,20,48-49,51-55,57-59H,3-5,7,9-11,13,15-17,19,21-47H2,1-2H3/b8-6-,14-12-,20-18-. The fourth-order valence-corrected chi connectivity index (χ4v) is 8.21. The summed E-state index contributed by atoms with van der Waals surface area (Å²) >= 11 is 0. The van der Waals surface area contributed by atoms with Crippen LogP contribution in [0.5, 0.6) is 0 Å². The van der Waals surface area contributed by atoms with Crippen LogP contribution in [0, 0.1) is 0 Å². The number of unbranched alkanes of at least 4 members (excludes halogenated alkanes) is 29. The maximum Gasteiger partial charge on any atom is 0.306 e. The lowest BCUT2D eigenvalue weighted by atomic mass is 9.99. The monoisotopic (exact) mass is 893 g/mol. The molecule has 0 aromatic carbocycles. The molecule has 1 aliphatic rings. The summed E-state index contributed by atoms with van der Waals surface area (Å²) in [5.41, 5.74) is 0. The lowest BCUT2D eigenvalue weighted by Crippen LogP contribution is -2.59.